The summed E-state index contributed by atoms with van der Waals surface area (Å²) in [7, 11) is 0. The number of amides is 1. The molecule has 0 unspecified atom stereocenters. The van der Waals surface area contributed by atoms with Crippen molar-refractivity contribution in [3.8, 4) is 0 Å². The van der Waals surface area contributed by atoms with Crippen LogP contribution in [0.3, 0.4) is 0 Å². The van der Waals surface area contributed by atoms with Crippen molar-refractivity contribution in [3.63, 3.8) is 0 Å². The molecular weight excluding hydrogens is 268 g/mol. The number of likely N-dealkylation sites (N-methyl/N-ethyl adjacent to an activating group) is 1. The van der Waals surface area contributed by atoms with Crippen LogP contribution in [-0.2, 0) is 12.8 Å². The SMILES string of the molecule is CCN1CCN(C(=O)c2cc3c(s2)CC[C@@H](C)C3)CC1. The second-order valence-electron chi connectivity index (χ2n) is 6.13. The summed E-state index contributed by atoms with van der Waals surface area (Å²) >= 11 is 1.74. The Balaban J connectivity index is 1.69. The highest BCUT2D eigenvalue weighted by atomic mass is 32.1. The number of nitrogens with zero attached hydrogens (tertiary/aromatic N) is 2. The third-order valence-electron chi connectivity index (χ3n) is 4.65. The number of hydrogen-bond acceptors (Lipinski definition) is 3. The van der Waals surface area contributed by atoms with E-state index in [4.69, 9.17) is 0 Å². The highest BCUT2D eigenvalue weighted by Crippen LogP contribution is 2.32. The van der Waals surface area contributed by atoms with E-state index in [2.05, 4.69) is 24.8 Å². The molecule has 0 N–H and O–H groups in total. The van der Waals surface area contributed by atoms with Crippen LogP contribution in [0.1, 0.15) is 40.4 Å². The lowest BCUT2D eigenvalue weighted by atomic mass is 9.90. The van der Waals surface area contributed by atoms with Gasteiger partial charge in [0.25, 0.3) is 5.91 Å². The van der Waals surface area contributed by atoms with Crippen LogP contribution in [0.5, 0.6) is 0 Å². The summed E-state index contributed by atoms with van der Waals surface area (Å²) in [4.78, 5) is 19.5. The summed E-state index contributed by atoms with van der Waals surface area (Å²) in [5.41, 5.74) is 1.43. The summed E-state index contributed by atoms with van der Waals surface area (Å²) in [6, 6.07) is 2.17. The van der Waals surface area contributed by atoms with Crippen molar-refractivity contribution >= 4 is 17.2 Å². The lowest BCUT2D eigenvalue weighted by Gasteiger charge is -2.33. The minimum Gasteiger partial charge on any atom is -0.335 e. The van der Waals surface area contributed by atoms with Gasteiger partial charge in [-0.3, -0.25) is 4.79 Å². The van der Waals surface area contributed by atoms with Crippen LogP contribution in [-0.4, -0.2) is 48.4 Å². The summed E-state index contributed by atoms with van der Waals surface area (Å²) in [6.45, 7) is 9.39. The maximum Gasteiger partial charge on any atom is 0.264 e. The zero-order valence-corrected chi connectivity index (χ0v) is 13.3. The van der Waals surface area contributed by atoms with Crippen molar-refractivity contribution in [3.05, 3.63) is 21.4 Å². The number of aryl methyl sites for hydroxylation is 1. The Kier molecular flexibility index (Phi) is 4.13. The van der Waals surface area contributed by atoms with Gasteiger partial charge in [-0.25, -0.2) is 0 Å². The first-order valence-electron chi connectivity index (χ1n) is 7.80. The number of rotatable bonds is 2. The Bertz CT molecular complexity index is 489. The minimum atomic E-state index is 0.257. The van der Waals surface area contributed by atoms with Gasteiger partial charge in [-0.15, -0.1) is 11.3 Å². The Morgan fingerprint density at radius 3 is 2.80 bits per heavy atom. The van der Waals surface area contributed by atoms with Gasteiger partial charge in [-0.1, -0.05) is 13.8 Å². The van der Waals surface area contributed by atoms with Crippen molar-refractivity contribution in [1.29, 1.82) is 0 Å². The molecule has 1 aliphatic heterocycles. The second kappa shape index (κ2) is 5.86. The van der Waals surface area contributed by atoms with Gasteiger partial charge in [0.15, 0.2) is 0 Å². The van der Waals surface area contributed by atoms with E-state index in [1.54, 1.807) is 11.3 Å². The summed E-state index contributed by atoms with van der Waals surface area (Å²) in [5, 5.41) is 0. The molecule has 0 radical (unpaired) electrons. The van der Waals surface area contributed by atoms with E-state index in [-0.39, 0.29) is 5.91 Å². The van der Waals surface area contributed by atoms with Crippen LogP contribution in [0.15, 0.2) is 6.07 Å². The van der Waals surface area contributed by atoms with Crippen LogP contribution in [0.25, 0.3) is 0 Å². The first-order valence-corrected chi connectivity index (χ1v) is 8.62. The average molecular weight is 292 g/mol. The fourth-order valence-electron chi connectivity index (χ4n) is 3.23. The molecule has 1 aromatic rings. The predicted octanol–water partition coefficient (Wildman–Crippen LogP) is 2.65. The number of thiophene rings is 1. The summed E-state index contributed by atoms with van der Waals surface area (Å²) in [5.74, 6) is 1.03. The maximum absolute atomic E-state index is 12.6. The minimum absolute atomic E-state index is 0.257. The third-order valence-corrected chi connectivity index (χ3v) is 5.87. The number of piperazine rings is 1. The Hall–Kier alpha value is -0.870. The van der Waals surface area contributed by atoms with E-state index in [1.807, 2.05) is 4.90 Å². The molecule has 20 heavy (non-hydrogen) atoms. The van der Waals surface area contributed by atoms with E-state index < -0.39 is 0 Å². The lowest BCUT2D eigenvalue weighted by molar-refractivity contribution is 0.0648. The lowest BCUT2D eigenvalue weighted by Crippen LogP contribution is -2.48. The molecule has 3 nitrogen and oxygen atoms in total. The number of carbonyl (C=O) groups is 1. The van der Waals surface area contributed by atoms with E-state index in [1.165, 1.54) is 16.9 Å². The average Bonchev–Trinajstić information content (AvgIpc) is 2.89. The van der Waals surface area contributed by atoms with Crippen LogP contribution in [0.4, 0.5) is 0 Å². The van der Waals surface area contributed by atoms with Crippen LogP contribution in [0, 0.1) is 5.92 Å². The molecule has 0 aromatic carbocycles. The van der Waals surface area contributed by atoms with Gasteiger partial charge in [-0.2, -0.15) is 0 Å². The Morgan fingerprint density at radius 2 is 2.10 bits per heavy atom. The van der Waals surface area contributed by atoms with Gasteiger partial charge in [0.2, 0.25) is 0 Å². The molecule has 1 aromatic heterocycles. The topological polar surface area (TPSA) is 23.6 Å². The molecule has 1 fully saturated rings. The number of hydrogen-bond donors (Lipinski definition) is 0. The van der Waals surface area contributed by atoms with E-state index in [0.29, 0.717) is 0 Å². The molecule has 110 valence electrons. The van der Waals surface area contributed by atoms with Crippen molar-refractivity contribution in [1.82, 2.24) is 9.80 Å². The van der Waals surface area contributed by atoms with Crippen LogP contribution < -0.4 is 0 Å². The highest BCUT2D eigenvalue weighted by molar-refractivity contribution is 7.14. The summed E-state index contributed by atoms with van der Waals surface area (Å²) < 4.78 is 0. The third kappa shape index (κ3) is 2.77. The first-order chi connectivity index (χ1) is 9.67. The maximum atomic E-state index is 12.6. The van der Waals surface area contributed by atoms with Gasteiger partial charge in [-0.05, 0) is 43.4 Å². The molecule has 2 aliphatic rings. The normalized spacial score (nSPS) is 23.7. The Morgan fingerprint density at radius 1 is 1.35 bits per heavy atom. The molecule has 1 aliphatic carbocycles. The molecule has 0 spiro atoms. The van der Waals surface area contributed by atoms with Gasteiger partial charge in [0.05, 0.1) is 4.88 Å². The molecule has 0 bridgehead atoms. The van der Waals surface area contributed by atoms with E-state index >= 15 is 0 Å². The van der Waals surface area contributed by atoms with Crippen molar-refractivity contribution in [2.75, 3.05) is 32.7 Å². The first kappa shape index (κ1) is 14.1. The molecule has 1 amide bonds. The highest BCUT2D eigenvalue weighted by Gasteiger charge is 2.25. The number of carbonyl (C=O) groups excluding carboxylic acids is 1. The zero-order valence-electron chi connectivity index (χ0n) is 12.5. The monoisotopic (exact) mass is 292 g/mol. The molecular formula is C16H24N2OS. The fourth-order valence-corrected chi connectivity index (χ4v) is 4.41. The van der Waals surface area contributed by atoms with Crippen molar-refractivity contribution in [2.24, 2.45) is 5.92 Å². The molecule has 1 atom stereocenters. The van der Waals surface area contributed by atoms with Crippen LogP contribution in [0.2, 0.25) is 0 Å². The Labute approximate surface area is 125 Å². The molecule has 4 heteroatoms. The molecule has 1 saturated heterocycles. The van der Waals surface area contributed by atoms with Crippen LogP contribution >= 0.6 is 11.3 Å². The van der Waals surface area contributed by atoms with E-state index in [9.17, 15) is 4.79 Å². The smallest absolute Gasteiger partial charge is 0.264 e. The van der Waals surface area contributed by atoms with Gasteiger partial charge >= 0.3 is 0 Å². The van der Waals surface area contributed by atoms with E-state index in [0.717, 1.165) is 56.4 Å². The molecule has 0 saturated carbocycles. The number of fused-ring (bicyclic) bond motifs is 1. The van der Waals surface area contributed by atoms with Gasteiger partial charge in [0, 0.05) is 31.1 Å². The van der Waals surface area contributed by atoms with Gasteiger partial charge < -0.3 is 9.80 Å². The van der Waals surface area contributed by atoms with Crippen molar-refractivity contribution in [2.45, 2.75) is 33.1 Å². The summed E-state index contributed by atoms with van der Waals surface area (Å²) in [6.07, 6.45) is 3.59. The standard InChI is InChI=1S/C16H24N2OS/c1-3-17-6-8-18(9-7-17)16(19)15-11-13-10-12(2)4-5-14(13)20-15/h11-12H,3-10H2,1-2H3/t12-/m1/s1. The molecule has 3 rings (SSSR count). The van der Waals surface area contributed by atoms with Gasteiger partial charge in [0.1, 0.15) is 0 Å². The second-order valence-corrected chi connectivity index (χ2v) is 7.27. The fraction of sp³-hybridized carbons (Fsp3) is 0.688. The van der Waals surface area contributed by atoms with Crippen molar-refractivity contribution < 1.29 is 4.79 Å². The predicted molar refractivity (Wildman–Crippen MR) is 83.5 cm³/mol. The quantitative estimate of drug-likeness (QED) is 0.836. The largest absolute Gasteiger partial charge is 0.335 e. The molecule has 2 heterocycles. The zero-order chi connectivity index (χ0) is 14.1.